The van der Waals surface area contributed by atoms with Gasteiger partial charge < -0.3 is 9.47 Å². The first kappa shape index (κ1) is 19.2. The molecule has 0 aliphatic carbocycles. The fraction of sp³-hybridized carbons (Fsp3) is 0.647. The predicted octanol–water partition coefficient (Wildman–Crippen LogP) is 4.38. The summed E-state index contributed by atoms with van der Waals surface area (Å²) in [7, 11) is -1.13. The quantitative estimate of drug-likeness (QED) is 0.352. The Balaban J connectivity index is 1.88. The van der Waals surface area contributed by atoms with Crippen LogP contribution in [0.4, 0.5) is 4.39 Å². The van der Waals surface area contributed by atoms with Crippen molar-refractivity contribution in [1.82, 2.24) is 14.5 Å². The van der Waals surface area contributed by atoms with E-state index in [0.717, 1.165) is 44.5 Å². The summed E-state index contributed by atoms with van der Waals surface area (Å²) in [5, 5.41) is 0. The van der Waals surface area contributed by atoms with Crippen molar-refractivity contribution in [3.8, 4) is 0 Å². The van der Waals surface area contributed by atoms with Crippen molar-refractivity contribution < 1.29 is 13.9 Å². The first-order chi connectivity index (χ1) is 11.9. The molecule has 25 heavy (non-hydrogen) atoms. The SMILES string of the molecule is C[Si](C)(C)CCOCn1c(C2CCOCC2)nc2c(I)c(F)cnc21. The summed E-state index contributed by atoms with van der Waals surface area (Å²) in [6.45, 7) is 9.64. The number of pyridine rings is 1. The largest absolute Gasteiger partial charge is 0.381 e. The zero-order valence-electron chi connectivity index (χ0n) is 15.0. The number of halogens is 2. The van der Waals surface area contributed by atoms with Crippen LogP contribution in [-0.4, -0.2) is 42.4 Å². The molecule has 0 bridgehead atoms. The third-order valence-corrected chi connectivity index (χ3v) is 7.22. The molecule has 1 aliphatic heterocycles. The fourth-order valence-corrected chi connectivity index (χ4v) is 4.21. The Bertz CT molecular complexity index is 742. The van der Waals surface area contributed by atoms with Gasteiger partial charge in [0.25, 0.3) is 0 Å². The summed E-state index contributed by atoms with van der Waals surface area (Å²) >= 11 is 2.01. The second-order valence-electron chi connectivity index (χ2n) is 7.73. The first-order valence-electron chi connectivity index (χ1n) is 8.72. The minimum Gasteiger partial charge on any atom is -0.381 e. The minimum absolute atomic E-state index is 0.308. The van der Waals surface area contributed by atoms with E-state index < -0.39 is 8.07 Å². The highest BCUT2D eigenvalue weighted by atomic mass is 127. The van der Waals surface area contributed by atoms with Crippen molar-refractivity contribution in [1.29, 1.82) is 0 Å². The summed E-state index contributed by atoms with van der Waals surface area (Å²) in [6.07, 6.45) is 3.13. The van der Waals surface area contributed by atoms with E-state index >= 15 is 0 Å². The highest BCUT2D eigenvalue weighted by molar-refractivity contribution is 14.1. The summed E-state index contributed by atoms with van der Waals surface area (Å²) in [5.41, 5.74) is 1.34. The summed E-state index contributed by atoms with van der Waals surface area (Å²) in [6, 6.07) is 1.12. The van der Waals surface area contributed by atoms with Gasteiger partial charge in [-0.1, -0.05) is 19.6 Å². The first-order valence-corrected chi connectivity index (χ1v) is 13.5. The van der Waals surface area contributed by atoms with Gasteiger partial charge in [-0.05, 0) is 41.5 Å². The summed E-state index contributed by atoms with van der Waals surface area (Å²) < 4.78 is 27.9. The molecule has 1 saturated heterocycles. The smallest absolute Gasteiger partial charge is 0.163 e. The van der Waals surface area contributed by atoms with Gasteiger partial charge in [0.15, 0.2) is 11.5 Å². The summed E-state index contributed by atoms with van der Waals surface area (Å²) in [4.78, 5) is 9.05. The Kier molecular flexibility index (Phi) is 6.12. The maximum Gasteiger partial charge on any atom is 0.163 e. The van der Waals surface area contributed by atoms with Crippen molar-refractivity contribution in [2.24, 2.45) is 0 Å². The van der Waals surface area contributed by atoms with Crippen LogP contribution in [0, 0.1) is 9.39 Å². The van der Waals surface area contributed by atoms with Gasteiger partial charge in [0.2, 0.25) is 0 Å². The topological polar surface area (TPSA) is 49.2 Å². The highest BCUT2D eigenvalue weighted by Gasteiger charge is 2.25. The molecule has 0 aromatic carbocycles. The molecule has 0 N–H and O–H groups in total. The van der Waals surface area contributed by atoms with E-state index in [-0.39, 0.29) is 5.82 Å². The fourth-order valence-electron chi connectivity index (χ4n) is 2.96. The van der Waals surface area contributed by atoms with Gasteiger partial charge in [0, 0.05) is 33.8 Å². The van der Waals surface area contributed by atoms with Crippen molar-refractivity contribution in [3.63, 3.8) is 0 Å². The molecule has 0 amide bonds. The molecule has 0 radical (unpaired) electrons. The molecular formula is C17H25FIN3O2Si. The molecule has 3 rings (SSSR count). The molecule has 2 aromatic heterocycles. The predicted molar refractivity (Wildman–Crippen MR) is 107 cm³/mol. The molecule has 5 nitrogen and oxygen atoms in total. The average molecular weight is 477 g/mol. The van der Waals surface area contributed by atoms with Crippen LogP contribution in [-0.2, 0) is 16.2 Å². The normalized spacial score (nSPS) is 16.7. The Morgan fingerprint density at radius 1 is 1.36 bits per heavy atom. The number of fused-ring (bicyclic) bond motifs is 1. The van der Waals surface area contributed by atoms with Crippen molar-refractivity contribution >= 4 is 41.8 Å². The zero-order chi connectivity index (χ0) is 18.0. The number of rotatable bonds is 6. The molecule has 8 heteroatoms. The number of ether oxygens (including phenoxy) is 2. The molecule has 0 saturated carbocycles. The van der Waals surface area contributed by atoms with E-state index in [1.807, 2.05) is 27.2 Å². The maximum absolute atomic E-state index is 13.9. The molecule has 0 unspecified atom stereocenters. The molecule has 138 valence electrons. The Morgan fingerprint density at radius 2 is 2.08 bits per heavy atom. The van der Waals surface area contributed by atoms with Gasteiger partial charge in [0.1, 0.15) is 18.1 Å². The van der Waals surface area contributed by atoms with Crippen LogP contribution in [0.2, 0.25) is 25.7 Å². The molecule has 3 heterocycles. The number of aromatic nitrogens is 3. The molecule has 1 fully saturated rings. The lowest BCUT2D eigenvalue weighted by atomic mass is 9.99. The Morgan fingerprint density at radius 3 is 2.76 bits per heavy atom. The van der Waals surface area contributed by atoms with E-state index in [2.05, 4.69) is 24.6 Å². The maximum atomic E-state index is 13.9. The van der Waals surface area contributed by atoms with Gasteiger partial charge in [-0.15, -0.1) is 0 Å². The van der Waals surface area contributed by atoms with E-state index in [1.165, 1.54) is 6.20 Å². The number of nitrogens with zero attached hydrogens (tertiary/aromatic N) is 3. The number of imidazole rings is 1. The lowest BCUT2D eigenvalue weighted by Gasteiger charge is -2.22. The third kappa shape index (κ3) is 4.58. The number of hydrogen-bond donors (Lipinski definition) is 0. The highest BCUT2D eigenvalue weighted by Crippen LogP contribution is 2.31. The Labute approximate surface area is 162 Å². The molecule has 2 aromatic rings. The molecule has 1 aliphatic rings. The second kappa shape index (κ2) is 7.97. The Hall–Kier alpha value is -0.583. The van der Waals surface area contributed by atoms with E-state index in [4.69, 9.17) is 14.5 Å². The minimum atomic E-state index is -1.13. The van der Waals surface area contributed by atoms with Gasteiger partial charge in [-0.25, -0.2) is 14.4 Å². The van der Waals surface area contributed by atoms with Crippen LogP contribution in [0.15, 0.2) is 6.20 Å². The van der Waals surface area contributed by atoms with Gasteiger partial charge in [0.05, 0.1) is 9.77 Å². The second-order valence-corrected chi connectivity index (χ2v) is 14.4. The van der Waals surface area contributed by atoms with Crippen LogP contribution < -0.4 is 0 Å². The van der Waals surface area contributed by atoms with Crippen LogP contribution in [0.25, 0.3) is 11.2 Å². The van der Waals surface area contributed by atoms with Crippen molar-refractivity contribution in [2.45, 2.75) is 51.2 Å². The van der Waals surface area contributed by atoms with E-state index in [9.17, 15) is 4.39 Å². The van der Waals surface area contributed by atoms with E-state index in [0.29, 0.717) is 27.4 Å². The summed E-state index contributed by atoms with van der Waals surface area (Å²) in [5.74, 6) is 0.931. The van der Waals surface area contributed by atoms with Gasteiger partial charge in [-0.3, -0.25) is 4.57 Å². The lowest BCUT2D eigenvalue weighted by molar-refractivity contribution is 0.0706. The van der Waals surface area contributed by atoms with E-state index in [1.54, 1.807) is 0 Å². The molecule has 0 spiro atoms. The van der Waals surface area contributed by atoms with Gasteiger partial charge >= 0.3 is 0 Å². The molecular weight excluding hydrogens is 452 g/mol. The van der Waals surface area contributed by atoms with Gasteiger partial charge in [-0.2, -0.15) is 0 Å². The van der Waals surface area contributed by atoms with Crippen LogP contribution in [0.1, 0.15) is 24.6 Å². The lowest BCUT2D eigenvalue weighted by Crippen LogP contribution is -2.23. The monoisotopic (exact) mass is 477 g/mol. The van der Waals surface area contributed by atoms with Crippen LogP contribution in [0.3, 0.4) is 0 Å². The third-order valence-electron chi connectivity index (χ3n) is 4.49. The molecule has 0 atom stereocenters. The van der Waals surface area contributed by atoms with Crippen LogP contribution >= 0.6 is 22.6 Å². The van der Waals surface area contributed by atoms with Crippen LogP contribution in [0.5, 0.6) is 0 Å². The zero-order valence-corrected chi connectivity index (χ0v) is 18.2. The van der Waals surface area contributed by atoms with Crippen molar-refractivity contribution in [2.75, 3.05) is 19.8 Å². The standard InChI is InChI=1S/C17H25FIN3O2Si/c1-25(2,3)9-8-24-11-22-16(12-4-6-23-7-5-12)21-15-14(19)13(18)10-20-17(15)22/h10,12H,4-9,11H2,1-3H3. The average Bonchev–Trinajstić information content (AvgIpc) is 2.94. The number of hydrogen-bond acceptors (Lipinski definition) is 4. The van der Waals surface area contributed by atoms with Crippen molar-refractivity contribution in [3.05, 3.63) is 21.4 Å².